The zero-order valence-corrected chi connectivity index (χ0v) is 11.6. The number of hydrogen-bond acceptors (Lipinski definition) is 5. The van der Waals surface area contributed by atoms with E-state index in [4.69, 9.17) is 9.26 Å². The van der Waals surface area contributed by atoms with E-state index in [2.05, 4.69) is 10.1 Å². The van der Waals surface area contributed by atoms with Crippen LogP contribution in [0.4, 0.5) is 4.39 Å². The van der Waals surface area contributed by atoms with Gasteiger partial charge in [-0.1, -0.05) is 11.6 Å². The molecular formula is C15H15FN2O3. The van der Waals surface area contributed by atoms with Gasteiger partial charge in [-0.15, -0.1) is 0 Å². The molecule has 0 unspecified atom stereocenters. The summed E-state index contributed by atoms with van der Waals surface area (Å²) in [5.41, 5.74) is -0.161. The van der Waals surface area contributed by atoms with Gasteiger partial charge in [0.25, 0.3) is 0 Å². The van der Waals surface area contributed by atoms with Gasteiger partial charge in [0.1, 0.15) is 11.2 Å². The van der Waals surface area contributed by atoms with Crippen LogP contribution in [0.2, 0.25) is 0 Å². The molecule has 1 aromatic heterocycles. The quantitative estimate of drug-likeness (QED) is 0.810. The van der Waals surface area contributed by atoms with Gasteiger partial charge >= 0.3 is 5.97 Å². The van der Waals surface area contributed by atoms with Crippen molar-refractivity contribution in [3.63, 3.8) is 0 Å². The highest BCUT2D eigenvalue weighted by Gasteiger charge is 2.51. The number of rotatable bonds is 4. The largest absolute Gasteiger partial charge is 0.465 e. The first-order valence-corrected chi connectivity index (χ1v) is 6.93. The molecule has 0 aliphatic heterocycles. The normalized spacial score (nSPS) is 16.3. The van der Waals surface area contributed by atoms with Gasteiger partial charge in [-0.05, 0) is 44.0 Å². The number of aromatic nitrogens is 2. The van der Waals surface area contributed by atoms with Gasteiger partial charge in [0.15, 0.2) is 0 Å². The van der Waals surface area contributed by atoms with Crippen LogP contribution in [0.1, 0.15) is 32.1 Å². The summed E-state index contributed by atoms with van der Waals surface area (Å²) in [5.74, 6) is -0.0119. The molecule has 6 heteroatoms. The second kappa shape index (κ2) is 5.27. The molecule has 1 aliphatic rings. The molecule has 3 rings (SSSR count). The Labute approximate surface area is 121 Å². The fraction of sp³-hybridized carbons (Fsp3) is 0.400. The summed E-state index contributed by atoms with van der Waals surface area (Å²) < 4.78 is 23.3. The lowest BCUT2D eigenvalue weighted by molar-refractivity contribution is -0.155. The second-order valence-electron chi connectivity index (χ2n) is 5.09. The molecule has 1 aromatic carbocycles. The summed E-state index contributed by atoms with van der Waals surface area (Å²) in [6.45, 7) is 2.08. The maximum absolute atomic E-state index is 12.9. The molecule has 1 aliphatic carbocycles. The summed E-state index contributed by atoms with van der Waals surface area (Å²) >= 11 is 0. The van der Waals surface area contributed by atoms with Crippen LogP contribution in [0, 0.1) is 5.82 Å². The number of carbonyl (C=O) groups is 1. The van der Waals surface area contributed by atoms with E-state index in [9.17, 15) is 9.18 Å². The first-order valence-electron chi connectivity index (χ1n) is 6.93. The van der Waals surface area contributed by atoms with Crippen LogP contribution in [-0.4, -0.2) is 22.7 Å². The average Bonchev–Trinajstić information content (AvgIpc) is 2.88. The molecule has 0 bridgehead atoms. The van der Waals surface area contributed by atoms with E-state index in [1.807, 2.05) is 0 Å². The number of ether oxygens (including phenoxy) is 1. The molecule has 5 nitrogen and oxygen atoms in total. The molecule has 21 heavy (non-hydrogen) atoms. The van der Waals surface area contributed by atoms with Gasteiger partial charge in [-0.2, -0.15) is 4.98 Å². The van der Waals surface area contributed by atoms with Crippen LogP contribution >= 0.6 is 0 Å². The van der Waals surface area contributed by atoms with Crippen LogP contribution < -0.4 is 0 Å². The van der Waals surface area contributed by atoms with Gasteiger partial charge in [0.2, 0.25) is 11.7 Å². The standard InChI is InChI=1S/C15H15FN2O3/c1-2-20-14(19)15(8-3-9-15)13-17-12(18-21-13)10-4-6-11(16)7-5-10/h4-7H,2-3,8-9H2,1H3. The van der Waals surface area contributed by atoms with E-state index in [0.717, 1.165) is 6.42 Å². The molecule has 0 spiro atoms. The smallest absolute Gasteiger partial charge is 0.321 e. The van der Waals surface area contributed by atoms with Crippen molar-refractivity contribution in [2.24, 2.45) is 0 Å². The summed E-state index contributed by atoms with van der Waals surface area (Å²) in [6, 6.07) is 5.80. The Kier molecular flexibility index (Phi) is 3.45. The number of nitrogens with zero attached hydrogens (tertiary/aromatic N) is 2. The number of carbonyl (C=O) groups excluding carboxylic acids is 1. The molecule has 0 amide bonds. The third kappa shape index (κ3) is 2.30. The van der Waals surface area contributed by atoms with Gasteiger partial charge in [-0.25, -0.2) is 4.39 Å². The number of hydrogen-bond donors (Lipinski definition) is 0. The zero-order chi connectivity index (χ0) is 14.9. The van der Waals surface area contributed by atoms with Crippen molar-refractivity contribution >= 4 is 5.97 Å². The van der Waals surface area contributed by atoms with Gasteiger partial charge in [0, 0.05) is 5.56 Å². The molecule has 1 heterocycles. The van der Waals surface area contributed by atoms with E-state index in [0.29, 0.717) is 30.8 Å². The summed E-state index contributed by atoms with van der Waals surface area (Å²) in [4.78, 5) is 16.4. The lowest BCUT2D eigenvalue weighted by Crippen LogP contribution is -2.44. The minimum absolute atomic E-state index is 0.284. The molecule has 1 fully saturated rings. The lowest BCUT2D eigenvalue weighted by atomic mass is 9.68. The highest BCUT2D eigenvalue weighted by atomic mass is 19.1. The first-order chi connectivity index (χ1) is 10.2. The minimum Gasteiger partial charge on any atom is -0.465 e. The molecular weight excluding hydrogens is 275 g/mol. The number of esters is 1. The topological polar surface area (TPSA) is 65.2 Å². The highest BCUT2D eigenvalue weighted by Crippen LogP contribution is 2.44. The van der Waals surface area contributed by atoms with E-state index in [-0.39, 0.29) is 17.7 Å². The van der Waals surface area contributed by atoms with Crippen molar-refractivity contribution in [2.45, 2.75) is 31.6 Å². The van der Waals surface area contributed by atoms with Gasteiger partial charge in [0.05, 0.1) is 6.61 Å². The maximum atomic E-state index is 12.9. The average molecular weight is 290 g/mol. The van der Waals surface area contributed by atoms with Crippen molar-refractivity contribution < 1.29 is 18.4 Å². The third-order valence-corrected chi connectivity index (χ3v) is 3.81. The summed E-state index contributed by atoms with van der Waals surface area (Å²) in [7, 11) is 0. The van der Waals surface area contributed by atoms with Crippen LogP contribution in [-0.2, 0) is 14.9 Å². The number of benzene rings is 1. The predicted molar refractivity (Wildman–Crippen MR) is 71.9 cm³/mol. The Hall–Kier alpha value is -2.24. The fourth-order valence-corrected chi connectivity index (χ4v) is 2.44. The second-order valence-corrected chi connectivity index (χ2v) is 5.09. The Morgan fingerprint density at radius 2 is 2.10 bits per heavy atom. The first kappa shape index (κ1) is 13.7. The monoisotopic (exact) mass is 290 g/mol. The zero-order valence-electron chi connectivity index (χ0n) is 11.6. The van der Waals surface area contributed by atoms with Crippen LogP contribution in [0.15, 0.2) is 28.8 Å². The molecule has 2 aromatic rings. The van der Waals surface area contributed by atoms with E-state index in [1.165, 1.54) is 12.1 Å². The Morgan fingerprint density at radius 3 is 2.67 bits per heavy atom. The SMILES string of the molecule is CCOC(=O)C1(c2nc(-c3ccc(F)cc3)no2)CCC1. The van der Waals surface area contributed by atoms with E-state index >= 15 is 0 Å². The third-order valence-electron chi connectivity index (χ3n) is 3.81. The van der Waals surface area contributed by atoms with E-state index < -0.39 is 5.41 Å². The lowest BCUT2D eigenvalue weighted by Gasteiger charge is -2.35. The van der Waals surface area contributed by atoms with Crippen LogP contribution in [0.3, 0.4) is 0 Å². The molecule has 0 radical (unpaired) electrons. The van der Waals surface area contributed by atoms with Crippen LogP contribution in [0.25, 0.3) is 11.4 Å². The van der Waals surface area contributed by atoms with Crippen molar-refractivity contribution in [3.05, 3.63) is 36.0 Å². The molecule has 0 saturated heterocycles. The van der Waals surface area contributed by atoms with Crippen LogP contribution in [0.5, 0.6) is 0 Å². The van der Waals surface area contributed by atoms with Crippen molar-refractivity contribution in [3.8, 4) is 11.4 Å². The molecule has 1 saturated carbocycles. The summed E-state index contributed by atoms with van der Waals surface area (Å²) in [6.07, 6.45) is 2.22. The summed E-state index contributed by atoms with van der Waals surface area (Å²) in [5, 5.41) is 3.89. The van der Waals surface area contributed by atoms with Gasteiger partial charge in [-0.3, -0.25) is 4.79 Å². The molecule has 0 N–H and O–H groups in total. The van der Waals surface area contributed by atoms with Crippen molar-refractivity contribution in [1.82, 2.24) is 10.1 Å². The number of halogens is 1. The Bertz CT molecular complexity index is 647. The Balaban J connectivity index is 1.90. The maximum Gasteiger partial charge on any atom is 0.321 e. The van der Waals surface area contributed by atoms with Crippen molar-refractivity contribution in [1.29, 1.82) is 0 Å². The Morgan fingerprint density at radius 1 is 1.38 bits per heavy atom. The molecule has 0 atom stereocenters. The predicted octanol–water partition coefficient (Wildman–Crippen LogP) is 2.86. The van der Waals surface area contributed by atoms with Gasteiger partial charge < -0.3 is 9.26 Å². The highest BCUT2D eigenvalue weighted by molar-refractivity contribution is 5.83. The fourth-order valence-electron chi connectivity index (χ4n) is 2.44. The van der Waals surface area contributed by atoms with E-state index in [1.54, 1.807) is 19.1 Å². The molecule has 110 valence electrons. The van der Waals surface area contributed by atoms with Crippen molar-refractivity contribution in [2.75, 3.05) is 6.61 Å². The minimum atomic E-state index is -0.804.